The summed E-state index contributed by atoms with van der Waals surface area (Å²) in [6.45, 7) is 0.480. The van der Waals surface area contributed by atoms with Crippen LogP contribution in [0.5, 0.6) is 0 Å². The van der Waals surface area contributed by atoms with Crippen LogP contribution in [0.2, 0.25) is 0 Å². The van der Waals surface area contributed by atoms with Crippen LogP contribution in [-0.2, 0) is 13.6 Å². The first kappa shape index (κ1) is 12.5. The molecule has 1 aromatic carbocycles. The van der Waals surface area contributed by atoms with Gasteiger partial charge in [0.2, 0.25) is 0 Å². The van der Waals surface area contributed by atoms with Gasteiger partial charge < -0.3 is 14.1 Å². The van der Waals surface area contributed by atoms with Gasteiger partial charge >= 0.3 is 0 Å². The maximum absolute atomic E-state index is 13.5. The van der Waals surface area contributed by atoms with E-state index in [2.05, 4.69) is 31.1 Å². The molecule has 19 heavy (non-hydrogen) atoms. The zero-order chi connectivity index (χ0) is 13.6. The Balaban J connectivity index is 2.18. The number of aromatic amines is 1. The molecule has 98 valence electrons. The van der Waals surface area contributed by atoms with Crippen molar-refractivity contribution in [3.8, 4) is 0 Å². The molecule has 2 aromatic heterocycles. The Morgan fingerprint density at radius 1 is 1.47 bits per heavy atom. The maximum Gasteiger partial charge on any atom is 0.178 e. The van der Waals surface area contributed by atoms with Gasteiger partial charge in [0, 0.05) is 13.1 Å². The number of H-pyrrole nitrogens is 1. The first-order valence-electron chi connectivity index (χ1n) is 5.46. The molecule has 0 unspecified atom stereocenters. The minimum absolute atomic E-state index is 0.324. The number of nitrogens with zero attached hydrogens (tertiary/aromatic N) is 4. The van der Waals surface area contributed by atoms with Crippen molar-refractivity contribution >= 4 is 39.2 Å². The Labute approximate surface area is 121 Å². The molecule has 0 aliphatic rings. The number of hydrogen-bond donors (Lipinski definition) is 1. The molecule has 0 spiro atoms. The lowest BCUT2D eigenvalue weighted by Crippen LogP contribution is -2.05. The average molecular weight is 342 g/mol. The second-order valence-corrected chi connectivity index (χ2v) is 5.40. The van der Waals surface area contributed by atoms with Crippen molar-refractivity contribution in [1.82, 2.24) is 24.3 Å². The summed E-state index contributed by atoms with van der Waals surface area (Å²) in [5.41, 5.74) is 1.48. The van der Waals surface area contributed by atoms with Crippen molar-refractivity contribution in [3.63, 3.8) is 0 Å². The van der Waals surface area contributed by atoms with E-state index in [9.17, 15) is 4.39 Å². The highest BCUT2D eigenvalue weighted by molar-refractivity contribution is 9.10. The minimum atomic E-state index is -0.324. The summed E-state index contributed by atoms with van der Waals surface area (Å²) < 4.78 is 18.1. The van der Waals surface area contributed by atoms with Gasteiger partial charge in [-0.3, -0.25) is 0 Å². The monoisotopic (exact) mass is 341 g/mol. The zero-order valence-electron chi connectivity index (χ0n) is 9.89. The molecule has 0 aliphatic carbocycles. The fourth-order valence-electron chi connectivity index (χ4n) is 1.90. The maximum atomic E-state index is 13.5. The van der Waals surface area contributed by atoms with E-state index in [1.165, 1.54) is 6.07 Å². The van der Waals surface area contributed by atoms with Crippen LogP contribution in [0.1, 0.15) is 5.82 Å². The summed E-state index contributed by atoms with van der Waals surface area (Å²) in [5.74, 6) is 0.451. The fourth-order valence-corrected chi connectivity index (χ4v) is 2.50. The van der Waals surface area contributed by atoms with Crippen molar-refractivity contribution in [2.24, 2.45) is 7.05 Å². The van der Waals surface area contributed by atoms with Gasteiger partial charge in [-0.15, -0.1) is 10.2 Å². The first-order chi connectivity index (χ1) is 9.06. The van der Waals surface area contributed by atoms with Crippen molar-refractivity contribution < 1.29 is 4.39 Å². The molecular weight excluding hydrogens is 333 g/mol. The largest absolute Gasteiger partial charge is 0.330 e. The van der Waals surface area contributed by atoms with Crippen molar-refractivity contribution in [2.75, 3.05) is 0 Å². The number of rotatable bonds is 2. The van der Waals surface area contributed by atoms with Gasteiger partial charge in [-0.05, 0) is 34.2 Å². The Morgan fingerprint density at radius 2 is 2.26 bits per heavy atom. The molecule has 0 saturated heterocycles. The first-order valence-corrected chi connectivity index (χ1v) is 6.67. The van der Waals surface area contributed by atoms with Crippen molar-refractivity contribution in [2.45, 2.75) is 6.54 Å². The lowest BCUT2D eigenvalue weighted by molar-refractivity contribution is 0.622. The molecule has 2 heterocycles. The number of aromatic nitrogens is 5. The van der Waals surface area contributed by atoms with Gasteiger partial charge in [0.05, 0.1) is 22.1 Å². The Morgan fingerprint density at radius 3 is 2.95 bits per heavy atom. The highest BCUT2D eigenvalue weighted by Gasteiger charge is 2.11. The van der Waals surface area contributed by atoms with E-state index in [1.807, 2.05) is 16.2 Å². The minimum Gasteiger partial charge on any atom is -0.330 e. The molecule has 0 aliphatic heterocycles. The third-order valence-corrected chi connectivity index (χ3v) is 3.85. The third kappa shape index (κ3) is 2.10. The van der Waals surface area contributed by atoms with Gasteiger partial charge in [0.15, 0.2) is 10.6 Å². The van der Waals surface area contributed by atoms with Gasteiger partial charge in [-0.25, -0.2) is 4.39 Å². The number of nitrogens with one attached hydrogen (secondary N) is 1. The SMILES string of the molecule is Cn1cnnc1Cn1c(=S)[nH]c2cc(F)c(Br)cc21. The van der Waals surface area contributed by atoms with E-state index in [1.54, 1.807) is 12.4 Å². The molecule has 0 bridgehead atoms. The van der Waals surface area contributed by atoms with Crippen molar-refractivity contribution in [1.29, 1.82) is 0 Å². The lowest BCUT2D eigenvalue weighted by Gasteiger charge is -2.04. The molecule has 5 nitrogen and oxygen atoms in total. The van der Waals surface area contributed by atoms with E-state index in [0.29, 0.717) is 21.3 Å². The fraction of sp³-hybridized carbons (Fsp3) is 0.182. The van der Waals surface area contributed by atoms with Gasteiger partial charge in [-0.2, -0.15) is 0 Å². The summed E-state index contributed by atoms with van der Waals surface area (Å²) in [6, 6.07) is 3.12. The second kappa shape index (κ2) is 4.53. The van der Waals surface area contributed by atoms with Crippen LogP contribution in [0.15, 0.2) is 22.9 Å². The quantitative estimate of drug-likeness (QED) is 0.729. The summed E-state index contributed by atoms with van der Waals surface area (Å²) in [4.78, 5) is 2.99. The predicted molar refractivity (Wildman–Crippen MR) is 74.9 cm³/mol. The van der Waals surface area contributed by atoms with Crippen molar-refractivity contribution in [3.05, 3.63) is 39.3 Å². The number of benzene rings is 1. The molecular formula is C11H9BrFN5S. The topological polar surface area (TPSA) is 51.4 Å². The van der Waals surface area contributed by atoms with Gasteiger partial charge in [0.1, 0.15) is 12.1 Å². The Kier molecular flexibility index (Phi) is 2.98. The molecule has 0 amide bonds. The second-order valence-electron chi connectivity index (χ2n) is 4.16. The normalized spacial score (nSPS) is 11.3. The van der Waals surface area contributed by atoms with Gasteiger partial charge in [-0.1, -0.05) is 0 Å². The van der Waals surface area contributed by atoms with Crippen LogP contribution in [0, 0.1) is 10.6 Å². The standard InChI is InChI=1S/C11H9BrFN5S/c1-17-5-14-16-10(17)4-18-9-2-6(12)7(13)3-8(9)15-11(18)19/h2-3,5H,4H2,1H3,(H,15,19). The van der Waals surface area contributed by atoms with E-state index >= 15 is 0 Å². The zero-order valence-corrected chi connectivity index (χ0v) is 12.3. The predicted octanol–water partition coefficient (Wildman–Crippen LogP) is 2.78. The van der Waals surface area contributed by atoms with Crippen LogP contribution < -0.4 is 0 Å². The number of aryl methyl sites for hydroxylation is 1. The van der Waals surface area contributed by atoms with Crippen LogP contribution >= 0.6 is 28.1 Å². The van der Waals surface area contributed by atoms with E-state index in [4.69, 9.17) is 12.2 Å². The van der Waals surface area contributed by atoms with E-state index < -0.39 is 0 Å². The number of fused-ring (bicyclic) bond motifs is 1. The van der Waals surface area contributed by atoms with E-state index in [0.717, 1.165) is 11.3 Å². The van der Waals surface area contributed by atoms with Crippen LogP contribution in [0.25, 0.3) is 11.0 Å². The van der Waals surface area contributed by atoms with Crippen LogP contribution in [0.3, 0.4) is 0 Å². The van der Waals surface area contributed by atoms with Crippen LogP contribution in [0.4, 0.5) is 4.39 Å². The van der Waals surface area contributed by atoms with Crippen LogP contribution in [-0.4, -0.2) is 24.3 Å². The van der Waals surface area contributed by atoms with Gasteiger partial charge in [0.25, 0.3) is 0 Å². The summed E-state index contributed by atoms with van der Waals surface area (Å²) in [7, 11) is 1.86. The molecule has 3 rings (SSSR count). The smallest absolute Gasteiger partial charge is 0.178 e. The highest BCUT2D eigenvalue weighted by atomic mass is 79.9. The number of halogens is 2. The summed E-state index contributed by atoms with van der Waals surface area (Å²) in [6.07, 6.45) is 1.63. The number of hydrogen-bond acceptors (Lipinski definition) is 3. The highest BCUT2D eigenvalue weighted by Crippen LogP contribution is 2.23. The summed E-state index contributed by atoms with van der Waals surface area (Å²) >= 11 is 8.45. The molecule has 0 atom stereocenters. The molecule has 1 N–H and O–H groups in total. The Bertz CT molecular complexity index is 818. The van der Waals surface area contributed by atoms with E-state index in [-0.39, 0.29) is 5.82 Å². The lowest BCUT2D eigenvalue weighted by atomic mass is 10.3. The molecule has 0 radical (unpaired) electrons. The third-order valence-electron chi connectivity index (χ3n) is 2.92. The number of imidazole rings is 1. The Hall–Kier alpha value is -1.54. The molecule has 8 heteroatoms. The summed E-state index contributed by atoms with van der Waals surface area (Å²) in [5, 5.41) is 7.85. The average Bonchev–Trinajstić information content (AvgIpc) is 2.88. The molecule has 0 fully saturated rings. The molecule has 0 saturated carbocycles. The molecule has 3 aromatic rings.